The van der Waals surface area contributed by atoms with Crippen LogP contribution in [0, 0.1) is 3.57 Å². The van der Waals surface area contributed by atoms with Crippen molar-refractivity contribution in [2.45, 2.75) is 11.3 Å². The molecule has 0 fully saturated rings. The van der Waals surface area contributed by atoms with E-state index in [1.54, 1.807) is 12.1 Å². The summed E-state index contributed by atoms with van der Waals surface area (Å²) in [5.74, 6) is 0. The molecule has 2 aromatic rings. The molecule has 0 atom stereocenters. The molecule has 0 aliphatic rings. The predicted octanol–water partition coefficient (Wildman–Crippen LogP) is 2.12. The van der Waals surface area contributed by atoms with Crippen molar-refractivity contribution in [3.05, 3.63) is 57.7 Å². The summed E-state index contributed by atoms with van der Waals surface area (Å²) in [5, 5.41) is 8.25. The Morgan fingerprint density at radius 2 is 1.74 bits per heavy atom. The number of nitrogens with one attached hydrogen (secondary N) is 1. The third-order valence-corrected chi connectivity index (χ3v) is 5.14. The van der Waals surface area contributed by atoms with Gasteiger partial charge in [-0.1, -0.05) is 0 Å². The van der Waals surface area contributed by atoms with Gasteiger partial charge in [-0.25, -0.2) is 0 Å². The molecule has 2 rings (SSSR count). The first-order valence-electron chi connectivity index (χ1n) is 6.70. The van der Waals surface area contributed by atoms with E-state index in [1.807, 2.05) is 24.3 Å². The van der Waals surface area contributed by atoms with Gasteiger partial charge < -0.3 is 0 Å². The number of halogens is 1. The molecule has 3 N–H and O–H groups in total. The van der Waals surface area contributed by atoms with E-state index in [4.69, 9.17) is 5.14 Å². The van der Waals surface area contributed by atoms with Crippen LogP contribution in [-0.2, 0) is 16.4 Å². The number of anilines is 1. The Balaban J connectivity index is 1.89. The first-order chi connectivity index (χ1) is 10.8. The number of rotatable bonds is 5. The van der Waals surface area contributed by atoms with Gasteiger partial charge in [0.25, 0.3) is 0 Å². The van der Waals surface area contributed by atoms with Gasteiger partial charge >= 0.3 is 158 Å². The molecule has 0 saturated carbocycles. The fraction of sp³-hybridized carbons (Fsp3) is 0.133. The zero-order chi connectivity index (χ0) is 16.9. The second-order valence-corrected chi connectivity index (χ2v) is 8.38. The van der Waals surface area contributed by atoms with E-state index in [1.165, 1.54) is 15.7 Å². The molecular formula is C15H15IN3O2SSe. The van der Waals surface area contributed by atoms with Gasteiger partial charge in [0.15, 0.2) is 0 Å². The van der Waals surface area contributed by atoms with Crippen LogP contribution in [0.4, 0.5) is 5.69 Å². The van der Waals surface area contributed by atoms with E-state index >= 15 is 0 Å². The summed E-state index contributed by atoms with van der Waals surface area (Å²) >= 11 is 5.15. The predicted molar refractivity (Wildman–Crippen MR) is 102 cm³/mol. The second kappa shape index (κ2) is 8.25. The standard InChI is InChI=1S/C15H15IN3O2SSe/c16-12-3-5-13(6-4-12)19-15(23)18-10-9-11-1-7-14(8-2-11)22(17,20)21/h1-8H,9-10H2,(H,18,19)(H2,17,20,21). The number of primary sulfonamides is 1. The Morgan fingerprint density at radius 1 is 1.13 bits per heavy atom. The Labute approximate surface area is 157 Å². The van der Waals surface area contributed by atoms with Crippen molar-refractivity contribution in [1.82, 2.24) is 0 Å². The van der Waals surface area contributed by atoms with Gasteiger partial charge in [0.2, 0.25) is 0 Å². The molecule has 121 valence electrons. The molecule has 0 unspecified atom stereocenters. The van der Waals surface area contributed by atoms with Gasteiger partial charge in [0.1, 0.15) is 0 Å². The molecule has 0 aliphatic heterocycles. The zero-order valence-corrected chi connectivity index (χ0v) is 16.8. The van der Waals surface area contributed by atoms with Crippen molar-refractivity contribution in [2.75, 3.05) is 11.9 Å². The number of sulfonamides is 1. The van der Waals surface area contributed by atoms with Crippen molar-refractivity contribution in [3.63, 3.8) is 0 Å². The minimum atomic E-state index is -3.63. The fourth-order valence-electron chi connectivity index (χ4n) is 1.83. The number of nitrogens with two attached hydrogens (primary N) is 1. The van der Waals surface area contributed by atoms with Crippen LogP contribution in [0.5, 0.6) is 0 Å². The molecule has 0 aromatic heterocycles. The maximum atomic E-state index is 11.2. The van der Waals surface area contributed by atoms with Crippen LogP contribution in [0.2, 0.25) is 0 Å². The van der Waals surface area contributed by atoms with Crippen LogP contribution in [0.1, 0.15) is 5.56 Å². The summed E-state index contributed by atoms with van der Waals surface area (Å²) in [4.78, 5) is 4.53. The van der Waals surface area contributed by atoms with E-state index in [9.17, 15) is 8.42 Å². The molecule has 0 heterocycles. The normalized spacial score (nSPS) is 12.2. The van der Waals surface area contributed by atoms with Crippen molar-refractivity contribution in [1.29, 1.82) is 0 Å². The summed E-state index contributed by atoms with van der Waals surface area (Å²) < 4.78 is 24.3. The minimum absolute atomic E-state index is 0.120. The Hall–Kier alpha value is -0.931. The van der Waals surface area contributed by atoms with Crippen molar-refractivity contribution >= 4 is 59.0 Å². The summed E-state index contributed by atoms with van der Waals surface area (Å²) in [6.07, 6.45) is 0.713. The molecule has 1 radical (unpaired) electrons. The van der Waals surface area contributed by atoms with E-state index < -0.39 is 10.0 Å². The molecule has 23 heavy (non-hydrogen) atoms. The number of aliphatic imine (C=N–C) groups is 1. The van der Waals surface area contributed by atoms with Crippen LogP contribution in [-0.4, -0.2) is 35.7 Å². The summed E-state index contributed by atoms with van der Waals surface area (Å²) in [7, 11) is -3.63. The average molecular weight is 507 g/mol. The van der Waals surface area contributed by atoms with Gasteiger partial charge in [0.05, 0.1) is 0 Å². The number of nitrogens with zero attached hydrogens (tertiary/aromatic N) is 1. The third kappa shape index (κ3) is 6.23. The second-order valence-electron chi connectivity index (χ2n) is 4.76. The van der Waals surface area contributed by atoms with E-state index in [0.717, 1.165) is 11.3 Å². The van der Waals surface area contributed by atoms with E-state index in [-0.39, 0.29) is 4.90 Å². The summed E-state index contributed by atoms with van der Waals surface area (Å²) in [5.41, 5.74) is 1.98. The SMILES string of the molecule is NS(=O)(=O)c1ccc(CCN=C([Se])Nc2ccc(I)cc2)cc1. The average Bonchev–Trinajstić information content (AvgIpc) is 2.49. The van der Waals surface area contributed by atoms with Gasteiger partial charge in [-0.15, -0.1) is 0 Å². The Bertz CT molecular complexity index is 790. The van der Waals surface area contributed by atoms with Crippen molar-refractivity contribution < 1.29 is 8.42 Å². The van der Waals surface area contributed by atoms with Crippen LogP contribution >= 0.6 is 22.6 Å². The molecule has 0 saturated heterocycles. The zero-order valence-electron chi connectivity index (χ0n) is 12.1. The van der Waals surface area contributed by atoms with Crippen LogP contribution in [0.3, 0.4) is 0 Å². The third-order valence-electron chi connectivity index (χ3n) is 3.00. The topological polar surface area (TPSA) is 84.6 Å². The van der Waals surface area contributed by atoms with Crippen molar-refractivity contribution in [3.8, 4) is 0 Å². The summed E-state index contributed by atoms with van der Waals surface area (Å²) in [6, 6.07) is 14.5. The van der Waals surface area contributed by atoms with Crippen LogP contribution in [0.15, 0.2) is 58.4 Å². The molecule has 5 nitrogen and oxygen atoms in total. The van der Waals surface area contributed by atoms with Gasteiger partial charge in [-0.05, 0) is 0 Å². The molecule has 8 heteroatoms. The molecule has 0 spiro atoms. The quantitative estimate of drug-likeness (QED) is 0.282. The maximum absolute atomic E-state index is 11.2. The van der Waals surface area contributed by atoms with Gasteiger partial charge in [-0.2, -0.15) is 0 Å². The fourth-order valence-corrected chi connectivity index (χ4v) is 3.14. The van der Waals surface area contributed by atoms with E-state index in [2.05, 4.69) is 48.9 Å². The number of hydrogen-bond donors (Lipinski definition) is 2. The number of amidine groups is 1. The summed E-state index contributed by atoms with van der Waals surface area (Å²) in [6.45, 7) is 0.592. The molecule has 2 aromatic carbocycles. The van der Waals surface area contributed by atoms with Crippen LogP contribution in [0.25, 0.3) is 0 Å². The Kier molecular flexibility index (Phi) is 6.60. The first-order valence-corrected chi connectivity index (χ1v) is 10.2. The van der Waals surface area contributed by atoms with Gasteiger partial charge in [0, 0.05) is 0 Å². The molecular weight excluding hydrogens is 492 g/mol. The molecule has 0 amide bonds. The van der Waals surface area contributed by atoms with Gasteiger partial charge in [-0.3, -0.25) is 0 Å². The van der Waals surface area contributed by atoms with E-state index in [0.29, 0.717) is 17.7 Å². The first kappa shape index (κ1) is 18.4. The Morgan fingerprint density at radius 3 is 2.30 bits per heavy atom. The van der Waals surface area contributed by atoms with Crippen LogP contribution < -0.4 is 10.5 Å². The number of benzene rings is 2. The van der Waals surface area contributed by atoms with Crippen molar-refractivity contribution in [2.24, 2.45) is 10.1 Å². The number of hydrogen-bond acceptors (Lipinski definition) is 3. The molecule has 0 aliphatic carbocycles. The molecule has 0 bridgehead atoms. The monoisotopic (exact) mass is 508 g/mol.